The van der Waals surface area contributed by atoms with Crippen molar-refractivity contribution in [1.29, 1.82) is 0 Å². The fourth-order valence-electron chi connectivity index (χ4n) is 3.10. The molecule has 0 atom stereocenters. The third-order valence-electron chi connectivity index (χ3n) is 4.45. The van der Waals surface area contributed by atoms with Crippen molar-refractivity contribution in [3.8, 4) is 22.3 Å². The van der Waals surface area contributed by atoms with Crippen LogP contribution in [0.5, 0.6) is 0 Å². The van der Waals surface area contributed by atoms with E-state index in [-0.39, 0.29) is 5.82 Å². The highest BCUT2D eigenvalue weighted by molar-refractivity contribution is 6.30. The Morgan fingerprint density at radius 1 is 0.640 bits per heavy atom. The molecule has 0 saturated heterocycles. The molecule has 0 heterocycles. The molecule has 122 valence electrons. The third-order valence-corrected chi connectivity index (χ3v) is 4.71. The zero-order valence-electron chi connectivity index (χ0n) is 13.8. The van der Waals surface area contributed by atoms with Crippen LogP contribution in [0.1, 0.15) is 5.56 Å². The maximum atomic E-state index is 14.7. The van der Waals surface area contributed by atoms with Crippen LogP contribution in [-0.4, -0.2) is 0 Å². The van der Waals surface area contributed by atoms with Gasteiger partial charge in [-0.25, -0.2) is 4.39 Å². The van der Waals surface area contributed by atoms with E-state index in [2.05, 4.69) is 37.3 Å². The molecule has 0 saturated carbocycles. The lowest BCUT2D eigenvalue weighted by Crippen LogP contribution is -1.87. The fourth-order valence-corrected chi connectivity index (χ4v) is 3.23. The molecular weight excluding hydrogens is 331 g/mol. The summed E-state index contributed by atoms with van der Waals surface area (Å²) in [5.41, 5.74) is 4.52. The van der Waals surface area contributed by atoms with E-state index in [1.807, 2.05) is 30.3 Å². The molecule has 25 heavy (non-hydrogen) atoms. The van der Waals surface area contributed by atoms with E-state index in [4.69, 9.17) is 11.6 Å². The molecule has 0 radical (unpaired) electrons. The Hall–Kier alpha value is -2.64. The molecule has 2 heteroatoms. The van der Waals surface area contributed by atoms with Crippen LogP contribution in [0.3, 0.4) is 0 Å². The average molecular weight is 347 g/mol. The maximum absolute atomic E-state index is 14.7. The lowest BCUT2D eigenvalue weighted by molar-refractivity contribution is 0.632. The Kier molecular flexibility index (Phi) is 4.03. The summed E-state index contributed by atoms with van der Waals surface area (Å²) < 4.78 is 14.7. The summed E-state index contributed by atoms with van der Waals surface area (Å²) in [6, 6.07) is 25.2. The van der Waals surface area contributed by atoms with Crippen LogP contribution < -0.4 is 0 Å². The number of aryl methyl sites for hydroxylation is 1. The molecule has 0 spiro atoms. The van der Waals surface area contributed by atoms with Gasteiger partial charge in [0.2, 0.25) is 0 Å². The molecule has 0 aromatic heterocycles. The number of hydrogen-bond acceptors (Lipinski definition) is 0. The van der Waals surface area contributed by atoms with Gasteiger partial charge in [0.1, 0.15) is 5.82 Å². The second-order valence-corrected chi connectivity index (χ2v) is 6.70. The Morgan fingerprint density at radius 3 is 2.00 bits per heavy atom. The molecule has 4 aromatic rings. The zero-order valence-corrected chi connectivity index (χ0v) is 14.5. The first kappa shape index (κ1) is 15.9. The summed E-state index contributed by atoms with van der Waals surface area (Å²) in [5.74, 6) is -0.233. The van der Waals surface area contributed by atoms with Crippen LogP contribution in [0.15, 0.2) is 78.9 Å². The van der Waals surface area contributed by atoms with Crippen molar-refractivity contribution >= 4 is 22.4 Å². The predicted molar refractivity (Wildman–Crippen MR) is 105 cm³/mol. The second kappa shape index (κ2) is 6.34. The molecule has 0 nitrogen and oxygen atoms in total. The molecule has 4 aromatic carbocycles. The first-order valence-corrected chi connectivity index (χ1v) is 8.54. The molecule has 0 aliphatic heterocycles. The molecule has 0 fully saturated rings. The average Bonchev–Trinajstić information content (AvgIpc) is 2.62. The number of fused-ring (bicyclic) bond motifs is 1. The highest BCUT2D eigenvalue weighted by Gasteiger charge is 2.08. The van der Waals surface area contributed by atoms with Gasteiger partial charge in [-0.05, 0) is 58.7 Å². The van der Waals surface area contributed by atoms with Gasteiger partial charge in [-0.3, -0.25) is 0 Å². The minimum atomic E-state index is -0.233. The smallest absolute Gasteiger partial charge is 0.131 e. The Balaban J connectivity index is 1.75. The monoisotopic (exact) mass is 346 g/mol. The number of rotatable bonds is 2. The largest absolute Gasteiger partial charge is 0.206 e. The van der Waals surface area contributed by atoms with Gasteiger partial charge in [-0.2, -0.15) is 0 Å². The Morgan fingerprint density at radius 2 is 1.24 bits per heavy atom. The van der Waals surface area contributed by atoms with Crippen molar-refractivity contribution in [3.05, 3.63) is 95.3 Å². The maximum Gasteiger partial charge on any atom is 0.131 e. The van der Waals surface area contributed by atoms with Crippen molar-refractivity contribution in [1.82, 2.24) is 0 Å². The van der Waals surface area contributed by atoms with Crippen LogP contribution in [-0.2, 0) is 0 Å². The standard InChI is InChI=1S/C23H16ClF/c1-15-2-3-18-13-19(5-4-17(18)12-15)20-8-11-22(23(25)14-20)16-6-9-21(24)10-7-16/h2-14H,1H3. The van der Waals surface area contributed by atoms with Gasteiger partial charge in [0.25, 0.3) is 0 Å². The van der Waals surface area contributed by atoms with Crippen molar-refractivity contribution in [2.45, 2.75) is 6.92 Å². The molecule has 0 aliphatic rings. The van der Waals surface area contributed by atoms with Crippen LogP contribution in [0, 0.1) is 12.7 Å². The third kappa shape index (κ3) is 3.16. The van der Waals surface area contributed by atoms with Crippen LogP contribution in [0.4, 0.5) is 4.39 Å². The molecule has 4 rings (SSSR count). The second-order valence-electron chi connectivity index (χ2n) is 6.27. The van der Waals surface area contributed by atoms with E-state index in [1.54, 1.807) is 18.2 Å². The summed E-state index contributed by atoms with van der Waals surface area (Å²) >= 11 is 5.91. The van der Waals surface area contributed by atoms with Gasteiger partial charge in [0, 0.05) is 10.6 Å². The van der Waals surface area contributed by atoms with Crippen molar-refractivity contribution in [2.24, 2.45) is 0 Å². The highest BCUT2D eigenvalue weighted by atomic mass is 35.5. The lowest BCUT2D eigenvalue weighted by atomic mass is 9.97. The molecule has 0 N–H and O–H groups in total. The Bertz CT molecular complexity index is 1070. The zero-order chi connectivity index (χ0) is 17.4. The van der Waals surface area contributed by atoms with E-state index in [0.717, 1.165) is 22.1 Å². The van der Waals surface area contributed by atoms with Gasteiger partial charge in [0.05, 0.1) is 0 Å². The first-order chi connectivity index (χ1) is 12.1. The van der Waals surface area contributed by atoms with E-state index < -0.39 is 0 Å². The first-order valence-electron chi connectivity index (χ1n) is 8.16. The van der Waals surface area contributed by atoms with Gasteiger partial charge in [-0.1, -0.05) is 71.8 Å². The number of hydrogen-bond donors (Lipinski definition) is 0. The minimum Gasteiger partial charge on any atom is -0.206 e. The van der Waals surface area contributed by atoms with E-state index in [9.17, 15) is 4.39 Å². The molecule has 0 aliphatic carbocycles. The van der Waals surface area contributed by atoms with Crippen molar-refractivity contribution < 1.29 is 4.39 Å². The van der Waals surface area contributed by atoms with Crippen LogP contribution in [0.2, 0.25) is 5.02 Å². The van der Waals surface area contributed by atoms with Gasteiger partial charge >= 0.3 is 0 Å². The minimum absolute atomic E-state index is 0.233. The topological polar surface area (TPSA) is 0 Å². The molecule has 0 unspecified atom stereocenters. The summed E-state index contributed by atoms with van der Waals surface area (Å²) in [7, 11) is 0. The van der Waals surface area contributed by atoms with Crippen molar-refractivity contribution in [2.75, 3.05) is 0 Å². The van der Waals surface area contributed by atoms with Crippen molar-refractivity contribution in [3.63, 3.8) is 0 Å². The summed E-state index contributed by atoms with van der Waals surface area (Å²) in [6.45, 7) is 2.08. The van der Waals surface area contributed by atoms with Gasteiger partial charge in [-0.15, -0.1) is 0 Å². The lowest BCUT2D eigenvalue weighted by Gasteiger charge is -2.08. The fraction of sp³-hybridized carbons (Fsp3) is 0.0435. The van der Waals surface area contributed by atoms with Gasteiger partial charge in [0.15, 0.2) is 0 Å². The molecular formula is C23H16ClF. The number of benzene rings is 4. The van der Waals surface area contributed by atoms with E-state index in [0.29, 0.717) is 10.6 Å². The summed E-state index contributed by atoms with van der Waals surface area (Å²) in [4.78, 5) is 0. The summed E-state index contributed by atoms with van der Waals surface area (Å²) in [6.07, 6.45) is 0. The van der Waals surface area contributed by atoms with Crippen LogP contribution >= 0.6 is 11.6 Å². The quantitative estimate of drug-likeness (QED) is 0.358. The SMILES string of the molecule is Cc1ccc2cc(-c3ccc(-c4ccc(Cl)cc4)c(F)c3)ccc2c1. The number of halogens is 2. The van der Waals surface area contributed by atoms with Crippen LogP contribution in [0.25, 0.3) is 33.0 Å². The molecule has 0 amide bonds. The molecule has 0 bridgehead atoms. The van der Waals surface area contributed by atoms with E-state index in [1.165, 1.54) is 10.9 Å². The Labute approximate surface area is 151 Å². The normalized spacial score (nSPS) is 11.0. The predicted octanol–water partition coefficient (Wildman–Crippen LogP) is 7.27. The highest BCUT2D eigenvalue weighted by Crippen LogP contribution is 2.30. The van der Waals surface area contributed by atoms with Gasteiger partial charge < -0.3 is 0 Å². The summed E-state index contributed by atoms with van der Waals surface area (Å²) in [5, 5.41) is 3.00. The van der Waals surface area contributed by atoms with E-state index >= 15 is 0 Å².